The second-order valence-corrected chi connectivity index (χ2v) is 4.14. The second-order valence-electron chi connectivity index (χ2n) is 3.30. The average molecular weight is 229 g/mol. The summed E-state index contributed by atoms with van der Waals surface area (Å²) in [5, 5.41) is 9.05. The first kappa shape index (κ1) is 9.81. The third-order valence-electron chi connectivity index (χ3n) is 2.32. The van der Waals surface area contributed by atoms with E-state index in [0.29, 0.717) is 15.9 Å². The monoisotopic (exact) mass is 228 g/mol. The second kappa shape index (κ2) is 3.79. The van der Waals surface area contributed by atoms with E-state index in [1.165, 1.54) is 0 Å². The van der Waals surface area contributed by atoms with E-state index in [4.69, 9.17) is 28.6 Å². The molecule has 74 valence electrons. The zero-order valence-corrected chi connectivity index (χ0v) is 9.07. The van der Waals surface area contributed by atoms with E-state index in [9.17, 15) is 0 Å². The molecule has 1 aromatic carbocycles. The van der Waals surface area contributed by atoms with E-state index < -0.39 is 0 Å². The fourth-order valence-electron chi connectivity index (χ4n) is 1.63. The number of hydrogen-bond donors (Lipinski definition) is 1. The zero-order valence-electron chi connectivity index (χ0n) is 7.56. The third-order valence-corrected chi connectivity index (χ3v) is 2.87. The lowest BCUT2D eigenvalue weighted by Crippen LogP contribution is -2.23. The van der Waals surface area contributed by atoms with E-state index in [2.05, 4.69) is 0 Å². The van der Waals surface area contributed by atoms with Gasteiger partial charge in [0, 0.05) is 18.0 Å². The van der Waals surface area contributed by atoms with Crippen LogP contribution < -0.4 is 4.90 Å². The molecule has 1 N–H and O–H groups in total. The van der Waals surface area contributed by atoms with Crippen LogP contribution in [0.3, 0.4) is 0 Å². The van der Waals surface area contributed by atoms with Gasteiger partial charge in [0.25, 0.3) is 0 Å². The van der Waals surface area contributed by atoms with Crippen molar-refractivity contribution in [2.75, 3.05) is 11.4 Å². The van der Waals surface area contributed by atoms with Gasteiger partial charge in [0.05, 0.1) is 10.7 Å². The molecule has 0 aromatic heterocycles. The maximum Gasteiger partial charge on any atom is 0.100 e. The number of nitrogens with one attached hydrogen (secondary N) is 1. The number of halogens is 2. The predicted octanol–water partition coefficient (Wildman–Crippen LogP) is 3.57. The summed E-state index contributed by atoms with van der Waals surface area (Å²) in [4.78, 5) is 1.91. The van der Waals surface area contributed by atoms with E-state index in [1.807, 2.05) is 11.0 Å². The maximum absolute atomic E-state index is 7.73. The lowest BCUT2D eigenvalue weighted by atomic mass is 10.3. The summed E-state index contributed by atoms with van der Waals surface area (Å²) in [5.41, 5.74) is 0.849. The smallest absolute Gasteiger partial charge is 0.100 e. The number of benzene rings is 1. The molecule has 1 heterocycles. The van der Waals surface area contributed by atoms with Gasteiger partial charge in [-0.3, -0.25) is 5.41 Å². The van der Waals surface area contributed by atoms with Gasteiger partial charge in [-0.1, -0.05) is 23.2 Å². The lowest BCUT2D eigenvalue weighted by molar-refractivity contribution is 0.956. The molecule has 0 aliphatic carbocycles. The quantitative estimate of drug-likeness (QED) is 0.782. The van der Waals surface area contributed by atoms with Crippen LogP contribution in [0.4, 0.5) is 5.69 Å². The van der Waals surface area contributed by atoms with Gasteiger partial charge in [-0.25, -0.2) is 0 Å². The van der Waals surface area contributed by atoms with Crippen molar-refractivity contribution in [2.45, 2.75) is 12.8 Å². The summed E-state index contributed by atoms with van der Waals surface area (Å²) in [6.45, 7) is 0.860. The molecule has 2 nitrogen and oxygen atoms in total. The summed E-state index contributed by atoms with van der Waals surface area (Å²) in [7, 11) is 0. The molecule has 0 atom stereocenters. The lowest BCUT2D eigenvalue weighted by Gasteiger charge is -2.19. The summed E-state index contributed by atoms with van der Waals surface area (Å²) < 4.78 is 0. The van der Waals surface area contributed by atoms with Crippen molar-refractivity contribution in [3.05, 3.63) is 28.2 Å². The minimum Gasteiger partial charge on any atom is -0.329 e. The van der Waals surface area contributed by atoms with Gasteiger partial charge in [0.1, 0.15) is 5.84 Å². The van der Waals surface area contributed by atoms with E-state index >= 15 is 0 Å². The summed E-state index contributed by atoms with van der Waals surface area (Å²) in [5.74, 6) is 0.620. The third kappa shape index (κ3) is 1.72. The Balaban J connectivity index is 2.39. The standard InChI is InChI=1S/C10H10Cl2N2/c11-7-3-4-8(12)9(6-7)14-5-1-2-10(14)13/h3-4,6,13H,1-2,5H2. The van der Waals surface area contributed by atoms with Crippen molar-refractivity contribution in [2.24, 2.45) is 0 Å². The maximum atomic E-state index is 7.73. The van der Waals surface area contributed by atoms with Gasteiger partial charge >= 0.3 is 0 Å². The molecular formula is C10H10Cl2N2. The number of rotatable bonds is 1. The van der Waals surface area contributed by atoms with Crippen molar-refractivity contribution >= 4 is 34.7 Å². The molecule has 0 amide bonds. The highest BCUT2D eigenvalue weighted by atomic mass is 35.5. The first-order valence-corrected chi connectivity index (χ1v) is 5.24. The summed E-state index contributed by atoms with van der Waals surface area (Å²) >= 11 is 11.9. The van der Waals surface area contributed by atoms with Crippen molar-refractivity contribution in [3.63, 3.8) is 0 Å². The molecule has 0 spiro atoms. The van der Waals surface area contributed by atoms with E-state index in [-0.39, 0.29) is 0 Å². The summed E-state index contributed by atoms with van der Waals surface area (Å²) in [6.07, 6.45) is 1.84. The van der Waals surface area contributed by atoms with E-state index in [1.54, 1.807) is 12.1 Å². The van der Waals surface area contributed by atoms with Gasteiger partial charge in [0.2, 0.25) is 0 Å². The topological polar surface area (TPSA) is 27.1 Å². The van der Waals surface area contributed by atoms with Crippen molar-refractivity contribution in [1.29, 1.82) is 5.41 Å². The Morgan fingerprint density at radius 1 is 1.29 bits per heavy atom. The Morgan fingerprint density at radius 3 is 2.71 bits per heavy atom. The molecule has 1 aliphatic heterocycles. The van der Waals surface area contributed by atoms with E-state index in [0.717, 1.165) is 25.1 Å². The molecule has 4 heteroatoms. The fourth-order valence-corrected chi connectivity index (χ4v) is 2.02. The molecule has 0 saturated carbocycles. The minimum atomic E-state index is 0.620. The molecule has 14 heavy (non-hydrogen) atoms. The van der Waals surface area contributed by atoms with Gasteiger partial charge in [0.15, 0.2) is 0 Å². The molecule has 1 aliphatic rings. The predicted molar refractivity (Wildman–Crippen MR) is 60.8 cm³/mol. The van der Waals surface area contributed by atoms with Crippen LogP contribution >= 0.6 is 23.2 Å². The molecule has 2 rings (SSSR count). The first-order valence-electron chi connectivity index (χ1n) is 4.48. The minimum absolute atomic E-state index is 0.620. The van der Waals surface area contributed by atoms with Crippen LogP contribution in [0.5, 0.6) is 0 Å². The Hall–Kier alpha value is -0.730. The van der Waals surface area contributed by atoms with Gasteiger partial charge < -0.3 is 4.90 Å². The molecule has 0 bridgehead atoms. The number of hydrogen-bond acceptors (Lipinski definition) is 1. The van der Waals surface area contributed by atoms with Crippen LogP contribution in [0.2, 0.25) is 10.0 Å². The molecule has 0 unspecified atom stereocenters. The fraction of sp³-hybridized carbons (Fsp3) is 0.300. The number of amidine groups is 1. The largest absolute Gasteiger partial charge is 0.329 e. The Bertz CT molecular complexity index is 376. The molecule has 1 fully saturated rings. The SMILES string of the molecule is N=C1CCCN1c1cc(Cl)ccc1Cl. The van der Waals surface area contributed by atoms with Gasteiger partial charge in [-0.2, -0.15) is 0 Å². The highest BCUT2D eigenvalue weighted by Crippen LogP contribution is 2.31. The zero-order chi connectivity index (χ0) is 10.1. The molecule has 0 radical (unpaired) electrons. The molecule has 1 aromatic rings. The van der Waals surface area contributed by atoms with Crippen LogP contribution in [-0.2, 0) is 0 Å². The summed E-state index contributed by atoms with van der Waals surface area (Å²) in [6, 6.07) is 5.33. The van der Waals surface area contributed by atoms with Gasteiger partial charge in [-0.15, -0.1) is 0 Å². The first-order chi connectivity index (χ1) is 6.68. The normalized spacial score (nSPS) is 16.4. The van der Waals surface area contributed by atoms with Crippen LogP contribution in [-0.4, -0.2) is 12.4 Å². The molecule has 1 saturated heterocycles. The molecular weight excluding hydrogens is 219 g/mol. The highest BCUT2D eigenvalue weighted by molar-refractivity contribution is 6.35. The van der Waals surface area contributed by atoms with Crippen LogP contribution in [0.15, 0.2) is 18.2 Å². The van der Waals surface area contributed by atoms with Crippen LogP contribution in [0.1, 0.15) is 12.8 Å². The number of anilines is 1. The average Bonchev–Trinajstić information content (AvgIpc) is 2.56. The Labute approximate surface area is 92.9 Å². The van der Waals surface area contributed by atoms with Crippen molar-refractivity contribution in [1.82, 2.24) is 0 Å². The Kier molecular flexibility index (Phi) is 2.66. The van der Waals surface area contributed by atoms with Crippen molar-refractivity contribution in [3.8, 4) is 0 Å². The Morgan fingerprint density at radius 2 is 2.07 bits per heavy atom. The number of nitrogens with zero attached hydrogens (tertiary/aromatic N) is 1. The van der Waals surface area contributed by atoms with Gasteiger partial charge in [-0.05, 0) is 24.6 Å². The van der Waals surface area contributed by atoms with Crippen LogP contribution in [0.25, 0.3) is 0 Å². The van der Waals surface area contributed by atoms with Crippen LogP contribution in [0, 0.1) is 5.41 Å². The van der Waals surface area contributed by atoms with Crippen molar-refractivity contribution < 1.29 is 0 Å². The highest BCUT2D eigenvalue weighted by Gasteiger charge is 2.20.